The number of rotatable bonds is 12. The number of carbonyl (C=O) groups is 3. The zero-order chi connectivity index (χ0) is 30.1. The Morgan fingerprint density at radius 3 is 2.10 bits per heavy atom. The summed E-state index contributed by atoms with van der Waals surface area (Å²) >= 11 is 0. The maximum atomic E-state index is 15.4. The molecule has 0 atom stereocenters. The first-order valence-corrected chi connectivity index (χ1v) is 14.2. The molecule has 4 rings (SSSR count). The number of benzene rings is 3. The van der Waals surface area contributed by atoms with Crippen LogP contribution in [0.5, 0.6) is 17.2 Å². The molecule has 1 aliphatic rings. The summed E-state index contributed by atoms with van der Waals surface area (Å²) in [7, 11) is 0. The summed E-state index contributed by atoms with van der Waals surface area (Å²) in [5.74, 6) is -5.43. The Morgan fingerprint density at radius 1 is 0.881 bits per heavy atom. The van der Waals surface area contributed by atoms with Crippen molar-refractivity contribution in [3.63, 3.8) is 0 Å². The fourth-order valence-electron chi connectivity index (χ4n) is 5.08. The first-order valence-electron chi connectivity index (χ1n) is 14.2. The van der Waals surface area contributed by atoms with Gasteiger partial charge in [-0.25, -0.2) is 9.59 Å². The van der Waals surface area contributed by atoms with E-state index in [0.29, 0.717) is 24.5 Å². The van der Waals surface area contributed by atoms with Gasteiger partial charge in [-0.1, -0.05) is 57.0 Å². The van der Waals surface area contributed by atoms with Crippen LogP contribution in [0.15, 0.2) is 61.2 Å². The van der Waals surface area contributed by atoms with Crippen LogP contribution in [-0.2, 0) is 14.3 Å². The van der Waals surface area contributed by atoms with Crippen LogP contribution in [0.3, 0.4) is 0 Å². The molecule has 3 aromatic carbocycles. The topological polar surface area (TPSA) is 88.1 Å². The Labute approximate surface area is 243 Å². The Hall–Kier alpha value is -4.27. The van der Waals surface area contributed by atoms with E-state index in [4.69, 9.17) is 18.9 Å². The predicted octanol–water partition coefficient (Wildman–Crippen LogP) is 7.35. The lowest BCUT2D eigenvalue weighted by Crippen LogP contribution is -2.26. The molecule has 0 heterocycles. The second-order valence-corrected chi connectivity index (χ2v) is 10.2. The van der Waals surface area contributed by atoms with E-state index in [0.717, 1.165) is 38.2 Å². The van der Waals surface area contributed by atoms with Crippen LogP contribution in [0.25, 0.3) is 10.8 Å². The van der Waals surface area contributed by atoms with Crippen LogP contribution in [-0.4, -0.2) is 31.1 Å². The number of hydrogen-bond donors (Lipinski definition) is 0. The minimum atomic E-state index is -1.43. The average Bonchev–Trinajstić information content (AvgIpc) is 3.02. The Bertz CT molecular complexity index is 1430. The van der Waals surface area contributed by atoms with Gasteiger partial charge in [0.2, 0.25) is 11.6 Å². The monoisotopic (exact) mass is 580 g/mol. The Kier molecular flexibility index (Phi) is 10.6. The average molecular weight is 581 g/mol. The largest absolute Gasteiger partial charge is 0.490 e. The molecule has 0 spiro atoms. The lowest BCUT2D eigenvalue weighted by molar-refractivity contribution is -0.140. The van der Waals surface area contributed by atoms with Crippen LogP contribution >= 0.6 is 0 Å². The van der Waals surface area contributed by atoms with Crippen molar-refractivity contribution in [2.45, 2.75) is 51.9 Å². The number of ether oxygens (including phenoxy) is 4. The number of unbranched alkanes of at least 4 members (excludes halogenated alkanes) is 1. The van der Waals surface area contributed by atoms with Crippen molar-refractivity contribution >= 4 is 28.7 Å². The highest BCUT2D eigenvalue weighted by Crippen LogP contribution is 2.40. The van der Waals surface area contributed by atoms with Gasteiger partial charge in [-0.15, -0.1) is 0 Å². The molecule has 0 unspecified atom stereocenters. The molecule has 42 heavy (non-hydrogen) atoms. The van der Waals surface area contributed by atoms with Gasteiger partial charge in [-0.2, -0.15) is 8.78 Å². The number of fused-ring (bicyclic) bond motifs is 1. The van der Waals surface area contributed by atoms with Crippen LogP contribution < -0.4 is 14.2 Å². The van der Waals surface area contributed by atoms with E-state index >= 15 is 8.78 Å². The normalized spacial score (nSPS) is 16.5. The molecule has 3 aromatic rings. The molecule has 0 radical (unpaired) electrons. The molecule has 0 amide bonds. The number of esters is 3. The molecule has 0 aliphatic heterocycles. The molecular weight excluding hydrogens is 546 g/mol. The molecule has 0 saturated heterocycles. The third kappa shape index (κ3) is 7.51. The van der Waals surface area contributed by atoms with Crippen molar-refractivity contribution in [2.24, 2.45) is 11.8 Å². The van der Waals surface area contributed by atoms with Gasteiger partial charge in [-0.3, -0.25) is 4.79 Å². The highest BCUT2D eigenvalue weighted by Gasteiger charge is 2.31. The minimum absolute atomic E-state index is 0.0119. The zero-order valence-corrected chi connectivity index (χ0v) is 23.5. The van der Waals surface area contributed by atoms with Crippen LogP contribution in [0.4, 0.5) is 8.78 Å². The summed E-state index contributed by atoms with van der Waals surface area (Å²) in [6.07, 6.45) is 7.58. The van der Waals surface area contributed by atoms with Crippen molar-refractivity contribution < 1.29 is 42.1 Å². The fraction of sp³-hybridized carbons (Fsp3) is 0.364. The molecule has 0 bridgehead atoms. The third-order valence-electron chi connectivity index (χ3n) is 7.40. The maximum absolute atomic E-state index is 15.4. The second-order valence-electron chi connectivity index (χ2n) is 10.2. The molecule has 0 N–H and O–H groups in total. The van der Waals surface area contributed by atoms with Crippen LogP contribution in [0, 0.1) is 23.5 Å². The quantitative estimate of drug-likeness (QED) is 0.0958. The van der Waals surface area contributed by atoms with Crippen molar-refractivity contribution in [1.29, 1.82) is 0 Å². The van der Waals surface area contributed by atoms with Crippen molar-refractivity contribution in [3.05, 3.63) is 78.4 Å². The molecule has 9 heteroatoms. The Morgan fingerprint density at radius 2 is 1.50 bits per heavy atom. The van der Waals surface area contributed by atoms with Crippen molar-refractivity contribution in [2.75, 3.05) is 13.2 Å². The molecular formula is C33H34F2O7. The highest BCUT2D eigenvalue weighted by atomic mass is 19.2. The van der Waals surface area contributed by atoms with E-state index in [9.17, 15) is 14.4 Å². The standard InChI is InChI=1S/C33H34F2O7/c1-3-5-8-21-11-13-22(14-12-21)32(37)41-30-25-9-6-7-10-26(25)31(29(35)28(30)34)42-33(38)23-15-17-24(18-16-23)39-19-20-40-27(36)4-2/h4,6-7,9-10,15-18,21-22H,2-3,5,8,11-14,19-20H2,1H3. The first kappa shape index (κ1) is 30.7. The third-order valence-corrected chi connectivity index (χ3v) is 7.40. The van der Waals surface area contributed by atoms with Gasteiger partial charge in [0.15, 0.2) is 11.5 Å². The van der Waals surface area contributed by atoms with Crippen LogP contribution in [0.1, 0.15) is 62.2 Å². The van der Waals surface area contributed by atoms with Gasteiger partial charge in [0.05, 0.1) is 11.5 Å². The summed E-state index contributed by atoms with van der Waals surface area (Å²) in [6.45, 7) is 5.54. The lowest BCUT2D eigenvalue weighted by Gasteiger charge is -2.27. The summed E-state index contributed by atoms with van der Waals surface area (Å²) in [6, 6.07) is 11.9. The lowest BCUT2D eigenvalue weighted by atomic mass is 9.80. The smallest absolute Gasteiger partial charge is 0.343 e. The van der Waals surface area contributed by atoms with Crippen molar-refractivity contribution in [3.8, 4) is 17.2 Å². The Balaban J connectivity index is 1.46. The van der Waals surface area contributed by atoms with E-state index in [-0.39, 0.29) is 35.5 Å². The molecule has 1 fully saturated rings. The summed E-state index contributed by atoms with van der Waals surface area (Å²) in [4.78, 5) is 36.9. The van der Waals surface area contributed by atoms with Gasteiger partial charge >= 0.3 is 17.9 Å². The van der Waals surface area contributed by atoms with E-state index in [1.165, 1.54) is 36.4 Å². The predicted molar refractivity (Wildman–Crippen MR) is 153 cm³/mol. The van der Waals surface area contributed by atoms with E-state index in [2.05, 4.69) is 13.5 Å². The van der Waals surface area contributed by atoms with E-state index in [1.54, 1.807) is 12.1 Å². The van der Waals surface area contributed by atoms with E-state index in [1.807, 2.05) is 0 Å². The first-order chi connectivity index (χ1) is 20.3. The molecule has 222 valence electrons. The number of carbonyl (C=O) groups excluding carboxylic acids is 3. The van der Waals surface area contributed by atoms with Crippen LogP contribution in [0.2, 0.25) is 0 Å². The maximum Gasteiger partial charge on any atom is 0.343 e. The van der Waals surface area contributed by atoms with Crippen molar-refractivity contribution in [1.82, 2.24) is 0 Å². The van der Waals surface area contributed by atoms with Gasteiger partial charge in [0.25, 0.3) is 0 Å². The second kappa shape index (κ2) is 14.6. The summed E-state index contributed by atoms with van der Waals surface area (Å²) < 4.78 is 51.8. The van der Waals surface area contributed by atoms with Gasteiger partial charge < -0.3 is 18.9 Å². The van der Waals surface area contributed by atoms with Gasteiger partial charge in [0.1, 0.15) is 19.0 Å². The molecule has 7 nitrogen and oxygen atoms in total. The molecule has 1 saturated carbocycles. The number of hydrogen-bond acceptors (Lipinski definition) is 7. The highest BCUT2D eigenvalue weighted by molar-refractivity contribution is 5.99. The molecule has 1 aliphatic carbocycles. The molecule has 0 aromatic heterocycles. The summed E-state index contributed by atoms with van der Waals surface area (Å²) in [5.41, 5.74) is 0.0642. The zero-order valence-electron chi connectivity index (χ0n) is 23.5. The van der Waals surface area contributed by atoms with Gasteiger partial charge in [0, 0.05) is 16.8 Å². The van der Waals surface area contributed by atoms with E-state index < -0.39 is 41.0 Å². The fourth-order valence-corrected chi connectivity index (χ4v) is 5.08. The van der Waals surface area contributed by atoms with Gasteiger partial charge in [-0.05, 0) is 55.9 Å². The number of halogens is 2. The minimum Gasteiger partial charge on any atom is -0.490 e. The SMILES string of the molecule is C=CC(=O)OCCOc1ccc(C(=O)Oc2c(F)c(F)c(OC(=O)C3CCC(CCCC)CC3)c3ccccc23)cc1. The summed E-state index contributed by atoms with van der Waals surface area (Å²) in [5, 5.41) is 0.204.